The minimum atomic E-state index is -0.421. The maximum absolute atomic E-state index is 10.9. The number of rotatable bonds is 10. The highest BCUT2D eigenvalue weighted by Gasteiger charge is 2.63. The fourth-order valence-electron chi connectivity index (χ4n) is 20.1. The summed E-state index contributed by atoms with van der Waals surface area (Å²) in [5.41, 5.74) is 0.314. The van der Waals surface area contributed by atoms with Crippen LogP contribution < -0.4 is 0 Å². The molecular formula is C58H100O4. The second-order valence-corrected chi connectivity index (χ2v) is 28.5. The molecule has 0 radical (unpaired) electrons. The van der Waals surface area contributed by atoms with Crippen molar-refractivity contribution in [1.29, 1.82) is 0 Å². The molecule has 10 fully saturated rings. The van der Waals surface area contributed by atoms with Gasteiger partial charge in [-0.25, -0.2) is 0 Å². The molecule has 10 saturated carbocycles. The Morgan fingerprint density at radius 3 is 1.15 bits per heavy atom. The lowest BCUT2D eigenvalue weighted by atomic mass is 9.43. The quantitative estimate of drug-likeness (QED) is 0.176. The average Bonchev–Trinajstić information content (AvgIpc) is 4.14. The van der Waals surface area contributed by atoms with Crippen LogP contribution in [0.15, 0.2) is 0 Å². The molecule has 10 aliphatic carbocycles. The number of hydrogen-bond acceptors (Lipinski definition) is 4. The lowest BCUT2D eigenvalue weighted by Gasteiger charge is -2.62. The van der Waals surface area contributed by atoms with Crippen molar-refractivity contribution in [1.82, 2.24) is 0 Å². The molecule has 0 saturated heterocycles. The molecule has 0 unspecified atom stereocenters. The number of fused-ring (bicyclic) bond motifs is 10. The van der Waals surface area contributed by atoms with Crippen LogP contribution in [0.2, 0.25) is 0 Å². The number of hydrogen-bond donors (Lipinski definition) is 4. The highest BCUT2D eigenvalue weighted by molar-refractivity contribution is 5.13. The molecule has 0 aromatic heterocycles. The van der Waals surface area contributed by atoms with Gasteiger partial charge in [0.05, 0.1) is 22.4 Å². The summed E-state index contributed by atoms with van der Waals surface area (Å²) in [5, 5.41) is 43.2. The molecule has 0 aliphatic heterocycles. The van der Waals surface area contributed by atoms with Crippen LogP contribution in [0, 0.1) is 105 Å². The van der Waals surface area contributed by atoms with Gasteiger partial charge >= 0.3 is 0 Å². The maximum Gasteiger partial charge on any atom is 0.0647 e. The van der Waals surface area contributed by atoms with Crippen molar-refractivity contribution in [3.05, 3.63) is 0 Å². The predicted molar refractivity (Wildman–Crippen MR) is 255 cm³/mol. The van der Waals surface area contributed by atoms with E-state index in [0.29, 0.717) is 33.5 Å². The zero-order chi connectivity index (χ0) is 44.5. The monoisotopic (exact) mass is 861 g/mol. The Kier molecular flexibility index (Phi) is 12.3. The molecule has 4 nitrogen and oxygen atoms in total. The molecule has 356 valence electrons. The first-order valence-electron chi connectivity index (χ1n) is 27.8. The van der Waals surface area contributed by atoms with Crippen molar-refractivity contribution in [3.63, 3.8) is 0 Å². The summed E-state index contributed by atoms with van der Waals surface area (Å²) < 4.78 is 0. The van der Waals surface area contributed by atoms with Gasteiger partial charge in [0.15, 0.2) is 0 Å². The van der Waals surface area contributed by atoms with Gasteiger partial charge in [0.1, 0.15) is 0 Å². The third-order valence-electron chi connectivity index (χ3n) is 24.6. The summed E-state index contributed by atoms with van der Waals surface area (Å²) in [7, 11) is 0. The first-order chi connectivity index (χ1) is 28.9. The summed E-state index contributed by atoms with van der Waals surface area (Å²) in [4.78, 5) is 0. The summed E-state index contributed by atoms with van der Waals surface area (Å²) in [6.07, 6.45) is 32.9. The van der Waals surface area contributed by atoms with E-state index in [1.807, 2.05) is 0 Å². The predicted octanol–water partition coefficient (Wildman–Crippen LogP) is 13.9. The van der Waals surface area contributed by atoms with Crippen LogP contribution in [0.1, 0.15) is 236 Å². The average molecular weight is 861 g/mol. The topological polar surface area (TPSA) is 80.9 Å². The van der Waals surface area contributed by atoms with Gasteiger partial charge < -0.3 is 20.4 Å². The van der Waals surface area contributed by atoms with Crippen LogP contribution in [0.5, 0.6) is 0 Å². The van der Waals surface area contributed by atoms with Crippen LogP contribution in [-0.2, 0) is 0 Å². The fourth-order valence-corrected chi connectivity index (χ4v) is 20.1. The summed E-state index contributed by atoms with van der Waals surface area (Å²) in [6, 6.07) is 0. The molecule has 20 atom stereocenters. The van der Waals surface area contributed by atoms with E-state index in [0.717, 1.165) is 110 Å². The highest BCUT2D eigenvalue weighted by Crippen LogP contribution is 2.71. The normalized spacial score (nSPS) is 52.5. The van der Waals surface area contributed by atoms with Gasteiger partial charge in [-0.15, -0.1) is 0 Å². The van der Waals surface area contributed by atoms with Gasteiger partial charge in [-0.2, -0.15) is 0 Å². The van der Waals surface area contributed by atoms with Gasteiger partial charge in [-0.1, -0.05) is 41.5 Å². The van der Waals surface area contributed by atoms with Crippen LogP contribution >= 0.6 is 0 Å². The summed E-state index contributed by atoms with van der Waals surface area (Å²) in [6.45, 7) is 23.9. The van der Waals surface area contributed by atoms with Crippen molar-refractivity contribution >= 4 is 0 Å². The zero-order valence-electron chi connectivity index (χ0n) is 42.3. The van der Waals surface area contributed by atoms with Crippen LogP contribution in [-0.4, -0.2) is 42.8 Å². The molecule has 4 heteroatoms. The van der Waals surface area contributed by atoms with Gasteiger partial charge in [0.25, 0.3) is 0 Å². The van der Waals surface area contributed by atoms with Gasteiger partial charge in [0, 0.05) is 0 Å². The van der Waals surface area contributed by atoms with Gasteiger partial charge in [0.2, 0.25) is 0 Å². The smallest absolute Gasteiger partial charge is 0.0647 e. The minimum absolute atomic E-state index is 0.417. The zero-order valence-corrected chi connectivity index (χ0v) is 42.3. The Bertz CT molecular complexity index is 1470. The van der Waals surface area contributed by atoms with E-state index in [4.69, 9.17) is 0 Å². The number of aliphatic hydroxyl groups is 4. The Hall–Kier alpha value is -0.160. The van der Waals surface area contributed by atoms with Crippen molar-refractivity contribution in [2.75, 3.05) is 0 Å². The van der Waals surface area contributed by atoms with E-state index in [2.05, 4.69) is 69.2 Å². The third kappa shape index (κ3) is 8.32. The molecular weight excluding hydrogens is 761 g/mol. The minimum Gasteiger partial charge on any atom is -0.390 e. The van der Waals surface area contributed by atoms with E-state index >= 15 is 0 Å². The first-order valence-corrected chi connectivity index (χ1v) is 27.8. The summed E-state index contributed by atoms with van der Waals surface area (Å²) >= 11 is 0. The van der Waals surface area contributed by atoms with E-state index < -0.39 is 22.4 Å². The van der Waals surface area contributed by atoms with Crippen LogP contribution in [0.4, 0.5) is 0 Å². The first kappa shape index (κ1) is 46.9. The Balaban J connectivity index is 0.000000158. The van der Waals surface area contributed by atoms with E-state index in [-0.39, 0.29) is 0 Å². The molecule has 0 aromatic carbocycles. The van der Waals surface area contributed by atoms with Gasteiger partial charge in [-0.05, 0) is 299 Å². The van der Waals surface area contributed by atoms with Crippen molar-refractivity contribution in [2.45, 2.75) is 259 Å². The fraction of sp³-hybridized carbons (Fsp3) is 1.00. The molecule has 0 aromatic rings. The second-order valence-electron chi connectivity index (χ2n) is 28.5. The van der Waals surface area contributed by atoms with E-state index in [1.165, 1.54) is 128 Å². The summed E-state index contributed by atoms with van der Waals surface area (Å²) in [5.74, 6) is 11.3. The largest absolute Gasteiger partial charge is 0.390 e. The molecule has 0 amide bonds. The SMILES string of the molecule is C[C@H](CC[C@](C)(O)C1CC1)[C@H]1CC[C@H]2[C@@H]3CC[C@@H]4C[C@@](C)(O)CC[C@]4(C)[C@H]3CC[C@]12C.C[C@H](CC[C@](C)(O)C1CC1)[C@H]1CC[C@H]2[C@@H]3CC[C@H]4C[C@@](C)(O)CC[C@]4(C)[C@H]3CC[C@]12C. The molecule has 4 N–H and O–H groups in total. The molecule has 0 heterocycles. The van der Waals surface area contributed by atoms with Crippen LogP contribution in [0.25, 0.3) is 0 Å². The highest BCUT2D eigenvalue weighted by atomic mass is 16.3. The standard InChI is InChI=1S/2C29H50O2/c2*1-19(12-15-29(5,31)20-6-7-20)23-10-11-24-22-9-8-21-18-26(2,30)16-17-27(21,3)25(22)13-14-28(23,24)4/h2*19-25,30-31H,6-18H2,1-5H3/t19-,21+,22+,23-,24+,25+,26+,27+,28-,29+;19-,21-,22+,23-,24+,25+,26+,27+,28-,29+/m11/s1. The molecule has 0 bridgehead atoms. The lowest BCUT2D eigenvalue weighted by Crippen LogP contribution is -2.55. The third-order valence-corrected chi connectivity index (χ3v) is 24.6. The molecule has 10 rings (SSSR count). The molecule has 10 aliphatic rings. The molecule has 62 heavy (non-hydrogen) atoms. The van der Waals surface area contributed by atoms with E-state index in [9.17, 15) is 20.4 Å². The second kappa shape index (κ2) is 16.2. The molecule has 0 spiro atoms. The van der Waals surface area contributed by atoms with Crippen LogP contribution in [0.3, 0.4) is 0 Å². The Labute approximate surface area is 382 Å². The Morgan fingerprint density at radius 2 is 0.790 bits per heavy atom. The van der Waals surface area contributed by atoms with Crippen molar-refractivity contribution in [2.24, 2.45) is 105 Å². The Morgan fingerprint density at radius 1 is 0.435 bits per heavy atom. The van der Waals surface area contributed by atoms with E-state index in [1.54, 1.807) is 0 Å². The maximum atomic E-state index is 10.9. The van der Waals surface area contributed by atoms with Crippen molar-refractivity contribution < 1.29 is 20.4 Å². The van der Waals surface area contributed by atoms with Gasteiger partial charge in [-0.3, -0.25) is 0 Å². The van der Waals surface area contributed by atoms with Crippen molar-refractivity contribution in [3.8, 4) is 0 Å². The lowest BCUT2D eigenvalue weighted by molar-refractivity contribution is -0.148.